The molecule has 2 heterocycles. The van der Waals surface area contributed by atoms with Crippen molar-refractivity contribution in [2.75, 3.05) is 31.3 Å². The molecular formula is C11H19N3OS3. The summed E-state index contributed by atoms with van der Waals surface area (Å²) in [5.41, 5.74) is 0. The summed E-state index contributed by atoms with van der Waals surface area (Å²) >= 11 is 5.47. The van der Waals surface area contributed by atoms with E-state index in [9.17, 15) is 0 Å². The Labute approximate surface area is 121 Å². The summed E-state index contributed by atoms with van der Waals surface area (Å²) in [6.07, 6.45) is 0. The average Bonchev–Trinajstić information content (AvgIpc) is 2.82. The maximum atomic E-state index is 5.00. The summed E-state index contributed by atoms with van der Waals surface area (Å²) in [4.78, 5) is 4.57. The Morgan fingerprint density at radius 3 is 2.94 bits per heavy atom. The maximum Gasteiger partial charge on any atom is 0.202 e. The van der Waals surface area contributed by atoms with Gasteiger partial charge in [-0.2, -0.15) is 16.1 Å². The number of rotatable bonds is 5. The Balaban J connectivity index is 1.89. The van der Waals surface area contributed by atoms with Gasteiger partial charge in [-0.05, 0) is 0 Å². The second kappa shape index (κ2) is 6.98. The van der Waals surface area contributed by atoms with Gasteiger partial charge in [0, 0.05) is 41.4 Å². The molecule has 0 bridgehead atoms. The molecule has 1 N–H and O–H groups in total. The molecule has 1 aliphatic rings. The van der Waals surface area contributed by atoms with E-state index in [-0.39, 0.29) is 0 Å². The fourth-order valence-electron chi connectivity index (χ4n) is 1.62. The normalized spacial score (nSPS) is 28.3. The summed E-state index contributed by atoms with van der Waals surface area (Å²) in [5.74, 6) is 2.10. The van der Waals surface area contributed by atoms with Crippen LogP contribution in [0.2, 0.25) is 0 Å². The Hall–Kier alpha value is 0.0200. The molecule has 102 valence electrons. The van der Waals surface area contributed by atoms with Crippen LogP contribution in [0, 0.1) is 0 Å². The molecule has 1 saturated heterocycles. The zero-order valence-corrected chi connectivity index (χ0v) is 13.3. The molecule has 0 aliphatic carbocycles. The van der Waals surface area contributed by atoms with Gasteiger partial charge in [-0.15, -0.1) is 11.8 Å². The van der Waals surface area contributed by atoms with Gasteiger partial charge < -0.3 is 10.1 Å². The van der Waals surface area contributed by atoms with Gasteiger partial charge in [-0.3, -0.25) is 0 Å². The standard InChI is InChI=1S/C11H19N3OS3/c1-7-8(2)17-9(6-16-7)10-13-11(18-14-10)12-4-5-15-3/h7-9H,4-6H2,1-3H3,(H,12,13,14). The number of nitrogens with zero attached hydrogens (tertiary/aromatic N) is 2. The topological polar surface area (TPSA) is 47.0 Å². The molecule has 4 nitrogen and oxygen atoms in total. The van der Waals surface area contributed by atoms with Crippen LogP contribution in [0.1, 0.15) is 24.9 Å². The van der Waals surface area contributed by atoms with E-state index in [0.29, 0.717) is 17.1 Å². The predicted octanol–water partition coefficient (Wildman–Crippen LogP) is 2.89. The minimum Gasteiger partial charge on any atom is -0.383 e. The van der Waals surface area contributed by atoms with E-state index in [2.05, 4.69) is 28.5 Å². The van der Waals surface area contributed by atoms with Gasteiger partial charge in [0.25, 0.3) is 0 Å². The third kappa shape index (κ3) is 3.76. The van der Waals surface area contributed by atoms with Crippen LogP contribution in [-0.2, 0) is 4.74 Å². The smallest absolute Gasteiger partial charge is 0.202 e. The fourth-order valence-corrected chi connectivity index (χ4v) is 5.18. The van der Waals surface area contributed by atoms with E-state index in [4.69, 9.17) is 4.74 Å². The highest BCUT2D eigenvalue weighted by atomic mass is 32.2. The van der Waals surface area contributed by atoms with Crippen molar-refractivity contribution in [2.45, 2.75) is 29.6 Å². The van der Waals surface area contributed by atoms with Crippen LogP contribution in [0.25, 0.3) is 0 Å². The minimum absolute atomic E-state index is 0.440. The Morgan fingerprint density at radius 1 is 1.39 bits per heavy atom. The lowest BCUT2D eigenvalue weighted by molar-refractivity contribution is 0.211. The molecule has 0 aromatic carbocycles. The van der Waals surface area contributed by atoms with Crippen molar-refractivity contribution in [1.82, 2.24) is 9.36 Å². The first-order valence-electron chi connectivity index (χ1n) is 6.04. The van der Waals surface area contributed by atoms with E-state index in [1.807, 2.05) is 23.5 Å². The highest BCUT2D eigenvalue weighted by Gasteiger charge is 2.29. The van der Waals surface area contributed by atoms with E-state index in [1.54, 1.807) is 7.11 Å². The first-order valence-corrected chi connectivity index (χ1v) is 8.80. The number of aromatic nitrogens is 2. The summed E-state index contributed by atoms with van der Waals surface area (Å²) < 4.78 is 9.47. The molecule has 3 atom stereocenters. The first-order chi connectivity index (χ1) is 8.70. The summed E-state index contributed by atoms with van der Waals surface area (Å²) in [6, 6.07) is 0. The van der Waals surface area contributed by atoms with Crippen LogP contribution in [0.4, 0.5) is 5.13 Å². The van der Waals surface area contributed by atoms with Gasteiger partial charge in [0.05, 0.1) is 11.9 Å². The van der Waals surface area contributed by atoms with Crippen LogP contribution in [-0.4, -0.2) is 45.9 Å². The monoisotopic (exact) mass is 305 g/mol. The second-order valence-electron chi connectivity index (χ2n) is 4.25. The predicted molar refractivity (Wildman–Crippen MR) is 82.0 cm³/mol. The van der Waals surface area contributed by atoms with Crippen LogP contribution >= 0.6 is 35.1 Å². The van der Waals surface area contributed by atoms with E-state index in [1.165, 1.54) is 11.5 Å². The molecule has 0 saturated carbocycles. The van der Waals surface area contributed by atoms with Gasteiger partial charge in [0.2, 0.25) is 5.13 Å². The van der Waals surface area contributed by atoms with Gasteiger partial charge in [0.15, 0.2) is 5.82 Å². The zero-order valence-electron chi connectivity index (χ0n) is 10.9. The highest BCUT2D eigenvalue weighted by Crippen LogP contribution is 2.43. The van der Waals surface area contributed by atoms with Gasteiger partial charge in [0.1, 0.15) is 0 Å². The van der Waals surface area contributed by atoms with Crippen molar-refractivity contribution in [3.05, 3.63) is 5.82 Å². The lowest BCUT2D eigenvalue weighted by atomic mass is 10.3. The van der Waals surface area contributed by atoms with Crippen molar-refractivity contribution in [1.29, 1.82) is 0 Å². The quantitative estimate of drug-likeness (QED) is 0.844. The summed E-state index contributed by atoms with van der Waals surface area (Å²) in [6.45, 7) is 6.06. The van der Waals surface area contributed by atoms with E-state index < -0.39 is 0 Å². The third-order valence-electron chi connectivity index (χ3n) is 2.86. The molecule has 1 aromatic heterocycles. The van der Waals surface area contributed by atoms with Gasteiger partial charge in [-0.25, -0.2) is 4.98 Å². The minimum atomic E-state index is 0.440. The molecular weight excluding hydrogens is 286 g/mol. The van der Waals surface area contributed by atoms with Gasteiger partial charge in [-0.1, -0.05) is 13.8 Å². The van der Waals surface area contributed by atoms with E-state index >= 15 is 0 Å². The highest BCUT2D eigenvalue weighted by molar-refractivity contribution is 8.07. The molecule has 1 aliphatic heterocycles. The lowest BCUT2D eigenvalue weighted by Crippen LogP contribution is -2.22. The van der Waals surface area contributed by atoms with Crippen LogP contribution in [0.3, 0.4) is 0 Å². The molecule has 3 unspecified atom stereocenters. The Kier molecular flexibility index (Phi) is 5.59. The molecule has 2 rings (SSSR count). The van der Waals surface area contributed by atoms with Crippen molar-refractivity contribution in [2.24, 2.45) is 0 Å². The fraction of sp³-hybridized carbons (Fsp3) is 0.818. The molecule has 0 radical (unpaired) electrons. The number of methoxy groups -OCH3 is 1. The SMILES string of the molecule is COCCNc1nc(C2CSC(C)C(C)S2)ns1. The maximum absolute atomic E-state index is 5.00. The van der Waals surface area contributed by atoms with E-state index in [0.717, 1.165) is 28.5 Å². The van der Waals surface area contributed by atoms with Crippen LogP contribution in [0.15, 0.2) is 0 Å². The van der Waals surface area contributed by atoms with Crippen molar-refractivity contribution >= 4 is 40.2 Å². The third-order valence-corrected chi connectivity index (χ3v) is 6.94. The Morgan fingerprint density at radius 2 is 2.22 bits per heavy atom. The number of ether oxygens (including phenoxy) is 1. The van der Waals surface area contributed by atoms with Crippen molar-refractivity contribution in [3.63, 3.8) is 0 Å². The van der Waals surface area contributed by atoms with Crippen molar-refractivity contribution < 1.29 is 4.74 Å². The van der Waals surface area contributed by atoms with Gasteiger partial charge >= 0.3 is 0 Å². The largest absolute Gasteiger partial charge is 0.383 e. The molecule has 7 heteroatoms. The summed E-state index contributed by atoms with van der Waals surface area (Å²) in [7, 11) is 1.70. The number of hydrogen-bond acceptors (Lipinski definition) is 7. The van der Waals surface area contributed by atoms with Crippen LogP contribution in [0.5, 0.6) is 0 Å². The molecule has 0 spiro atoms. The molecule has 18 heavy (non-hydrogen) atoms. The average molecular weight is 305 g/mol. The Bertz CT molecular complexity index is 374. The second-order valence-corrected chi connectivity index (χ2v) is 7.99. The number of hydrogen-bond donors (Lipinski definition) is 1. The zero-order chi connectivity index (χ0) is 13.0. The molecule has 1 aromatic rings. The molecule has 1 fully saturated rings. The number of nitrogens with one attached hydrogen (secondary N) is 1. The van der Waals surface area contributed by atoms with Crippen molar-refractivity contribution in [3.8, 4) is 0 Å². The molecule has 0 amide bonds. The number of anilines is 1. The summed E-state index contributed by atoms with van der Waals surface area (Å²) in [5, 5.41) is 5.97. The first kappa shape index (κ1) is 14.4. The lowest BCUT2D eigenvalue weighted by Gasteiger charge is -2.29. The van der Waals surface area contributed by atoms with Crippen LogP contribution < -0.4 is 5.32 Å². The number of thioether (sulfide) groups is 2.